The van der Waals surface area contributed by atoms with E-state index in [1.807, 2.05) is 0 Å². The van der Waals surface area contributed by atoms with Crippen LogP contribution in [0.2, 0.25) is 0 Å². The molecule has 0 amide bonds. The third-order valence-electron chi connectivity index (χ3n) is 3.15. The van der Waals surface area contributed by atoms with Crippen LogP contribution in [0.3, 0.4) is 0 Å². The average Bonchev–Trinajstić information content (AvgIpc) is 2.74. The summed E-state index contributed by atoms with van der Waals surface area (Å²) < 4.78 is 5.28. The zero-order valence-electron chi connectivity index (χ0n) is 7.53. The fourth-order valence-electron chi connectivity index (χ4n) is 2.36. The molecule has 2 rings (SSSR count). The molecule has 4 nitrogen and oxygen atoms in total. The Kier molecular flexibility index (Phi) is 2.51. The summed E-state index contributed by atoms with van der Waals surface area (Å²) in [5.41, 5.74) is 0. The average molecular weight is 185 g/mol. The van der Waals surface area contributed by atoms with E-state index in [4.69, 9.17) is 9.84 Å². The molecule has 2 aliphatic heterocycles. The number of rotatable bonds is 2. The van der Waals surface area contributed by atoms with Crippen molar-refractivity contribution in [3.63, 3.8) is 0 Å². The maximum absolute atomic E-state index is 10.9. The van der Waals surface area contributed by atoms with Crippen molar-refractivity contribution in [2.45, 2.75) is 6.42 Å². The highest BCUT2D eigenvalue weighted by molar-refractivity contribution is 5.71. The van der Waals surface area contributed by atoms with Gasteiger partial charge in [0.05, 0.1) is 5.92 Å². The van der Waals surface area contributed by atoms with Crippen molar-refractivity contribution in [3.05, 3.63) is 0 Å². The van der Waals surface area contributed by atoms with Gasteiger partial charge in [-0.25, -0.2) is 0 Å². The van der Waals surface area contributed by atoms with E-state index < -0.39 is 5.97 Å². The van der Waals surface area contributed by atoms with Crippen LogP contribution in [0.25, 0.3) is 0 Å². The predicted molar refractivity (Wildman–Crippen MR) is 46.4 cm³/mol. The van der Waals surface area contributed by atoms with E-state index in [1.54, 1.807) is 0 Å². The number of carbonyl (C=O) groups is 1. The van der Waals surface area contributed by atoms with Crippen molar-refractivity contribution >= 4 is 5.97 Å². The first-order chi connectivity index (χ1) is 6.29. The van der Waals surface area contributed by atoms with Gasteiger partial charge in [0.1, 0.15) is 0 Å². The highest BCUT2D eigenvalue weighted by Gasteiger charge is 2.39. The summed E-state index contributed by atoms with van der Waals surface area (Å²) in [5, 5.41) is 12.1. The Morgan fingerprint density at radius 1 is 1.46 bits per heavy atom. The first-order valence-electron chi connectivity index (χ1n) is 4.80. The lowest BCUT2D eigenvalue weighted by Crippen LogP contribution is -2.28. The van der Waals surface area contributed by atoms with E-state index >= 15 is 0 Å². The number of hydrogen-bond acceptors (Lipinski definition) is 3. The molecule has 2 N–H and O–H groups in total. The van der Waals surface area contributed by atoms with Crippen LogP contribution in [0.5, 0.6) is 0 Å². The third-order valence-corrected chi connectivity index (χ3v) is 3.15. The smallest absolute Gasteiger partial charge is 0.308 e. The second-order valence-corrected chi connectivity index (χ2v) is 3.89. The Morgan fingerprint density at radius 2 is 2.31 bits per heavy atom. The number of carboxylic acids is 1. The molecule has 3 atom stereocenters. The van der Waals surface area contributed by atoms with Crippen molar-refractivity contribution in [2.24, 2.45) is 17.8 Å². The summed E-state index contributed by atoms with van der Waals surface area (Å²) in [5.74, 6) is -0.135. The minimum absolute atomic E-state index is 0.202. The molecule has 0 bridgehead atoms. The minimum atomic E-state index is -0.665. The van der Waals surface area contributed by atoms with Crippen molar-refractivity contribution in [2.75, 3.05) is 26.3 Å². The molecule has 1 unspecified atom stereocenters. The lowest BCUT2D eigenvalue weighted by Gasteiger charge is -2.19. The first kappa shape index (κ1) is 8.97. The number of hydrogen-bond donors (Lipinski definition) is 2. The van der Waals surface area contributed by atoms with E-state index in [-0.39, 0.29) is 11.8 Å². The number of nitrogens with one attached hydrogen (secondary N) is 1. The molecule has 74 valence electrons. The number of ether oxygens (including phenoxy) is 1. The van der Waals surface area contributed by atoms with Gasteiger partial charge in [0.25, 0.3) is 0 Å². The van der Waals surface area contributed by atoms with Crippen molar-refractivity contribution in [1.29, 1.82) is 0 Å². The van der Waals surface area contributed by atoms with E-state index in [2.05, 4.69) is 5.32 Å². The molecule has 0 aliphatic carbocycles. The second kappa shape index (κ2) is 3.64. The molecule has 4 heteroatoms. The van der Waals surface area contributed by atoms with Gasteiger partial charge in [-0.3, -0.25) is 4.79 Å². The standard InChI is InChI=1S/C9H15NO3/c11-9(12)8-4-10-3-7(8)6-1-2-13-5-6/h6-8,10H,1-5H2,(H,11,12)/t6?,7-,8+/m0/s1. The van der Waals surface area contributed by atoms with E-state index in [9.17, 15) is 4.79 Å². The van der Waals surface area contributed by atoms with Crippen LogP contribution in [0, 0.1) is 17.8 Å². The lowest BCUT2D eigenvalue weighted by atomic mass is 9.83. The summed E-state index contributed by atoms with van der Waals surface area (Å²) in [7, 11) is 0. The second-order valence-electron chi connectivity index (χ2n) is 3.89. The number of carboxylic acid groups (broad SMARTS) is 1. The molecule has 13 heavy (non-hydrogen) atoms. The van der Waals surface area contributed by atoms with Gasteiger partial charge in [-0.15, -0.1) is 0 Å². The first-order valence-corrected chi connectivity index (χ1v) is 4.80. The fourth-order valence-corrected chi connectivity index (χ4v) is 2.36. The Hall–Kier alpha value is -0.610. The largest absolute Gasteiger partial charge is 0.481 e. The van der Waals surface area contributed by atoms with Crippen LogP contribution < -0.4 is 5.32 Å². The fraction of sp³-hybridized carbons (Fsp3) is 0.889. The van der Waals surface area contributed by atoms with Crippen LogP contribution in [-0.2, 0) is 9.53 Å². The molecular formula is C9H15NO3. The minimum Gasteiger partial charge on any atom is -0.481 e. The lowest BCUT2D eigenvalue weighted by molar-refractivity contribution is -0.142. The Balaban J connectivity index is 2.00. The molecule has 0 spiro atoms. The van der Waals surface area contributed by atoms with Gasteiger partial charge < -0.3 is 15.2 Å². The molecule has 2 fully saturated rings. The maximum Gasteiger partial charge on any atom is 0.308 e. The van der Waals surface area contributed by atoms with Gasteiger partial charge in [-0.1, -0.05) is 0 Å². The maximum atomic E-state index is 10.9. The molecule has 0 aromatic rings. The van der Waals surface area contributed by atoms with Crippen molar-refractivity contribution < 1.29 is 14.6 Å². The summed E-state index contributed by atoms with van der Waals surface area (Å²) >= 11 is 0. The van der Waals surface area contributed by atoms with Gasteiger partial charge in [0.15, 0.2) is 0 Å². The van der Waals surface area contributed by atoms with Gasteiger partial charge in [0, 0.05) is 19.8 Å². The molecule has 0 radical (unpaired) electrons. The van der Waals surface area contributed by atoms with Crippen molar-refractivity contribution in [3.8, 4) is 0 Å². The highest BCUT2D eigenvalue weighted by Crippen LogP contribution is 2.30. The van der Waals surface area contributed by atoms with Crippen LogP contribution in [0.1, 0.15) is 6.42 Å². The zero-order chi connectivity index (χ0) is 9.26. The van der Waals surface area contributed by atoms with Crippen LogP contribution >= 0.6 is 0 Å². The quantitative estimate of drug-likeness (QED) is 0.633. The Bertz CT molecular complexity index is 201. The summed E-state index contributed by atoms with van der Waals surface area (Å²) in [6.45, 7) is 3.01. The summed E-state index contributed by atoms with van der Waals surface area (Å²) in [6, 6.07) is 0. The normalized spacial score (nSPS) is 39.5. The summed E-state index contributed by atoms with van der Waals surface area (Å²) in [4.78, 5) is 10.9. The third kappa shape index (κ3) is 1.69. The van der Waals surface area contributed by atoms with Crippen LogP contribution in [0.15, 0.2) is 0 Å². The van der Waals surface area contributed by atoms with Crippen molar-refractivity contribution in [1.82, 2.24) is 5.32 Å². The molecule has 2 heterocycles. The van der Waals surface area contributed by atoms with Crippen LogP contribution in [-0.4, -0.2) is 37.4 Å². The van der Waals surface area contributed by atoms with Gasteiger partial charge in [-0.2, -0.15) is 0 Å². The Morgan fingerprint density at radius 3 is 2.92 bits per heavy atom. The van der Waals surface area contributed by atoms with Gasteiger partial charge in [0.2, 0.25) is 0 Å². The van der Waals surface area contributed by atoms with Crippen LogP contribution in [0.4, 0.5) is 0 Å². The predicted octanol–water partition coefficient (Wildman–Crippen LogP) is -0.0569. The highest BCUT2D eigenvalue weighted by atomic mass is 16.5. The molecule has 2 saturated heterocycles. The summed E-state index contributed by atoms with van der Waals surface area (Å²) in [6.07, 6.45) is 1.02. The monoisotopic (exact) mass is 185 g/mol. The van der Waals surface area contributed by atoms with E-state index in [0.29, 0.717) is 12.5 Å². The molecule has 0 aromatic heterocycles. The van der Waals surface area contributed by atoms with Gasteiger partial charge >= 0.3 is 5.97 Å². The SMILES string of the molecule is O=C(O)[C@@H]1CNC[C@H]1C1CCOC1. The Labute approximate surface area is 77.3 Å². The van der Waals surface area contributed by atoms with E-state index in [0.717, 1.165) is 26.2 Å². The number of aliphatic carboxylic acids is 1. The topological polar surface area (TPSA) is 58.6 Å². The molecular weight excluding hydrogens is 170 g/mol. The molecule has 0 aromatic carbocycles. The molecule has 0 saturated carbocycles. The zero-order valence-corrected chi connectivity index (χ0v) is 7.53. The van der Waals surface area contributed by atoms with E-state index in [1.165, 1.54) is 0 Å². The van der Waals surface area contributed by atoms with Gasteiger partial charge in [-0.05, 0) is 24.8 Å². The molecule has 2 aliphatic rings.